The topological polar surface area (TPSA) is 32.3 Å². The molecule has 2 nitrogen and oxygen atoms in total. The number of benzene rings is 1. The molecule has 0 bridgehead atoms. The van der Waals surface area contributed by atoms with Crippen LogP contribution in [0.25, 0.3) is 0 Å². The van der Waals surface area contributed by atoms with Crippen molar-refractivity contribution >= 4 is 27.7 Å². The van der Waals surface area contributed by atoms with Crippen LogP contribution in [0.1, 0.15) is 6.92 Å². The van der Waals surface area contributed by atoms with E-state index in [4.69, 9.17) is 0 Å². The lowest BCUT2D eigenvalue weighted by Gasteiger charge is -2.10. The van der Waals surface area contributed by atoms with Crippen molar-refractivity contribution in [2.24, 2.45) is 0 Å². The molecule has 0 radical (unpaired) electrons. The van der Waals surface area contributed by atoms with Gasteiger partial charge in [0.25, 0.3) is 0 Å². The maximum Gasteiger partial charge on any atom is 0.0758 e. The zero-order valence-electron chi connectivity index (χ0n) is 8.74. The quantitative estimate of drug-likeness (QED) is 0.790. The molecule has 84 valence electrons. The van der Waals surface area contributed by atoms with Crippen LogP contribution >= 0.6 is 27.7 Å². The first-order valence-electron chi connectivity index (χ1n) is 4.99. The summed E-state index contributed by atoms with van der Waals surface area (Å²) in [6, 6.07) is 8.11. The number of rotatable bonds is 6. The number of thioether (sulfide) groups is 1. The van der Waals surface area contributed by atoms with Gasteiger partial charge in [-0.2, -0.15) is 0 Å². The summed E-state index contributed by atoms with van der Waals surface area (Å²) in [7, 11) is 0. The van der Waals surface area contributed by atoms with Crippen LogP contribution in [0.4, 0.5) is 0 Å². The van der Waals surface area contributed by atoms with E-state index in [2.05, 4.69) is 33.4 Å². The van der Waals surface area contributed by atoms with E-state index in [0.717, 1.165) is 16.8 Å². The molecule has 0 spiro atoms. The normalized spacial score (nSPS) is 12.7. The van der Waals surface area contributed by atoms with Crippen LogP contribution in [0.5, 0.6) is 0 Å². The van der Waals surface area contributed by atoms with Crippen molar-refractivity contribution in [3.63, 3.8) is 0 Å². The van der Waals surface area contributed by atoms with Gasteiger partial charge in [-0.1, -0.05) is 28.9 Å². The van der Waals surface area contributed by atoms with Crippen molar-refractivity contribution in [3.05, 3.63) is 28.7 Å². The van der Waals surface area contributed by atoms with E-state index in [1.54, 1.807) is 11.8 Å². The highest BCUT2D eigenvalue weighted by molar-refractivity contribution is 9.10. The molecular weight excluding hydrogens is 274 g/mol. The van der Waals surface area contributed by atoms with Gasteiger partial charge in [0, 0.05) is 21.7 Å². The highest BCUT2D eigenvalue weighted by Gasteiger charge is 2.04. The summed E-state index contributed by atoms with van der Waals surface area (Å²) >= 11 is 5.10. The smallest absolute Gasteiger partial charge is 0.0758 e. The van der Waals surface area contributed by atoms with E-state index in [-0.39, 0.29) is 6.10 Å². The Kier molecular flexibility index (Phi) is 6.32. The summed E-state index contributed by atoms with van der Waals surface area (Å²) < 4.78 is 1.08. The number of aliphatic hydroxyl groups excluding tert-OH is 1. The fourth-order valence-corrected chi connectivity index (χ4v) is 2.56. The highest BCUT2D eigenvalue weighted by atomic mass is 79.9. The Bertz CT molecular complexity index is 296. The van der Waals surface area contributed by atoms with Crippen molar-refractivity contribution < 1.29 is 5.11 Å². The third-order valence-electron chi connectivity index (χ3n) is 1.87. The summed E-state index contributed by atoms with van der Waals surface area (Å²) in [4.78, 5) is 1.18. The first-order chi connectivity index (χ1) is 7.22. The third-order valence-corrected chi connectivity index (χ3v) is 3.50. The summed E-state index contributed by atoms with van der Waals surface area (Å²) in [6.45, 7) is 3.60. The minimum atomic E-state index is -0.283. The Morgan fingerprint density at radius 3 is 3.00 bits per heavy atom. The molecule has 0 saturated heterocycles. The molecule has 1 aromatic rings. The lowest BCUT2D eigenvalue weighted by atomic mass is 10.4. The fraction of sp³-hybridized carbons (Fsp3) is 0.455. The number of nitrogens with one attached hydrogen (secondary N) is 1. The van der Waals surface area contributed by atoms with Crippen LogP contribution in [-0.4, -0.2) is 30.1 Å². The molecule has 0 aromatic heterocycles. The second-order valence-corrected chi connectivity index (χ2v) is 5.24. The minimum absolute atomic E-state index is 0.283. The molecule has 0 amide bonds. The summed E-state index contributed by atoms with van der Waals surface area (Å²) in [6.07, 6.45) is -0.283. The average molecular weight is 290 g/mol. The van der Waals surface area contributed by atoms with Crippen LogP contribution < -0.4 is 5.32 Å². The maximum absolute atomic E-state index is 9.62. The summed E-state index contributed by atoms with van der Waals surface area (Å²) in [5.41, 5.74) is 0. The molecule has 1 rings (SSSR count). The lowest BCUT2D eigenvalue weighted by molar-refractivity contribution is 0.197. The molecule has 1 atom stereocenters. The molecule has 0 aliphatic carbocycles. The molecule has 0 fully saturated rings. The second kappa shape index (κ2) is 7.28. The Morgan fingerprint density at radius 1 is 1.53 bits per heavy atom. The number of hydrogen-bond donors (Lipinski definition) is 2. The van der Waals surface area contributed by atoms with Crippen molar-refractivity contribution in [1.82, 2.24) is 5.32 Å². The number of likely N-dealkylation sites (N-methyl/N-ethyl adjacent to an activating group) is 1. The van der Waals surface area contributed by atoms with Gasteiger partial charge >= 0.3 is 0 Å². The van der Waals surface area contributed by atoms with Gasteiger partial charge in [-0.25, -0.2) is 0 Å². The van der Waals surface area contributed by atoms with E-state index >= 15 is 0 Å². The standard InChI is InChI=1S/C11H16BrNOS/c1-2-13-7-10(14)8-15-11-5-3-4-9(12)6-11/h3-6,10,13-14H,2,7-8H2,1H3. The molecule has 15 heavy (non-hydrogen) atoms. The SMILES string of the molecule is CCNCC(O)CSc1cccc(Br)c1. The molecule has 2 N–H and O–H groups in total. The molecule has 1 unspecified atom stereocenters. The van der Waals surface area contributed by atoms with E-state index in [9.17, 15) is 5.11 Å². The molecule has 0 aliphatic rings. The zero-order valence-corrected chi connectivity index (χ0v) is 11.1. The monoisotopic (exact) mass is 289 g/mol. The predicted octanol–water partition coefficient (Wildman–Crippen LogP) is 2.51. The zero-order chi connectivity index (χ0) is 11.1. The average Bonchev–Trinajstić information content (AvgIpc) is 2.23. The van der Waals surface area contributed by atoms with Crippen LogP contribution in [0, 0.1) is 0 Å². The van der Waals surface area contributed by atoms with E-state index in [1.807, 2.05) is 19.1 Å². The Labute approximate surface area is 104 Å². The molecule has 0 heterocycles. The largest absolute Gasteiger partial charge is 0.391 e. The van der Waals surface area contributed by atoms with Crippen LogP contribution in [-0.2, 0) is 0 Å². The third kappa shape index (κ3) is 5.56. The number of halogens is 1. The van der Waals surface area contributed by atoms with E-state index in [0.29, 0.717) is 6.54 Å². The van der Waals surface area contributed by atoms with E-state index < -0.39 is 0 Å². The van der Waals surface area contributed by atoms with Crippen molar-refractivity contribution in [1.29, 1.82) is 0 Å². The van der Waals surface area contributed by atoms with E-state index in [1.165, 1.54) is 4.90 Å². The maximum atomic E-state index is 9.62. The Morgan fingerprint density at radius 2 is 2.33 bits per heavy atom. The van der Waals surface area contributed by atoms with Crippen LogP contribution in [0.2, 0.25) is 0 Å². The van der Waals surface area contributed by atoms with Gasteiger partial charge in [-0.3, -0.25) is 0 Å². The second-order valence-electron chi connectivity index (χ2n) is 3.23. The molecule has 0 saturated carbocycles. The Balaban J connectivity index is 2.30. The van der Waals surface area contributed by atoms with Gasteiger partial charge in [0.2, 0.25) is 0 Å². The predicted molar refractivity (Wildman–Crippen MR) is 69.4 cm³/mol. The van der Waals surface area contributed by atoms with Crippen LogP contribution in [0.15, 0.2) is 33.6 Å². The van der Waals surface area contributed by atoms with Gasteiger partial charge in [-0.15, -0.1) is 11.8 Å². The number of aliphatic hydroxyl groups is 1. The molecule has 1 aromatic carbocycles. The molecule has 0 aliphatic heterocycles. The molecule has 4 heteroatoms. The van der Waals surface area contributed by atoms with Crippen molar-refractivity contribution in [3.8, 4) is 0 Å². The first-order valence-corrected chi connectivity index (χ1v) is 6.77. The Hall–Kier alpha value is -0.0300. The van der Waals surface area contributed by atoms with Gasteiger partial charge < -0.3 is 10.4 Å². The first kappa shape index (κ1) is 13.0. The highest BCUT2D eigenvalue weighted by Crippen LogP contribution is 2.22. The number of hydrogen-bond acceptors (Lipinski definition) is 3. The lowest BCUT2D eigenvalue weighted by Crippen LogP contribution is -2.28. The fourth-order valence-electron chi connectivity index (χ4n) is 1.12. The summed E-state index contributed by atoms with van der Waals surface area (Å²) in [5.74, 6) is 0.726. The van der Waals surface area contributed by atoms with Gasteiger partial charge in [0.15, 0.2) is 0 Å². The minimum Gasteiger partial charge on any atom is -0.391 e. The van der Waals surface area contributed by atoms with Crippen molar-refractivity contribution in [2.75, 3.05) is 18.8 Å². The van der Waals surface area contributed by atoms with Gasteiger partial charge in [0.05, 0.1) is 6.10 Å². The van der Waals surface area contributed by atoms with Gasteiger partial charge in [0.1, 0.15) is 0 Å². The summed E-state index contributed by atoms with van der Waals surface area (Å²) in [5, 5.41) is 12.7. The van der Waals surface area contributed by atoms with Crippen molar-refractivity contribution in [2.45, 2.75) is 17.9 Å². The molecular formula is C11H16BrNOS. The van der Waals surface area contributed by atoms with Crippen LogP contribution in [0.3, 0.4) is 0 Å². The van der Waals surface area contributed by atoms with Gasteiger partial charge in [-0.05, 0) is 24.7 Å².